The van der Waals surface area contributed by atoms with Gasteiger partial charge in [-0.15, -0.1) is 0 Å². The summed E-state index contributed by atoms with van der Waals surface area (Å²) in [5.41, 5.74) is 3.40. The van der Waals surface area contributed by atoms with Gasteiger partial charge in [-0.3, -0.25) is 0 Å². The summed E-state index contributed by atoms with van der Waals surface area (Å²) in [6.45, 7) is 2.92. The molecule has 0 radical (unpaired) electrons. The van der Waals surface area contributed by atoms with Gasteiger partial charge in [0.1, 0.15) is 23.5 Å². The van der Waals surface area contributed by atoms with Gasteiger partial charge in [-0.2, -0.15) is 0 Å². The molecule has 1 saturated carbocycles. The summed E-state index contributed by atoms with van der Waals surface area (Å²) >= 11 is 0. The highest BCUT2D eigenvalue weighted by atomic mass is 16.5. The van der Waals surface area contributed by atoms with Gasteiger partial charge >= 0.3 is 0 Å². The molecule has 2 N–H and O–H groups in total. The van der Waals surface area contributed by atoms with E-state index in [1.807, 2.05) is 12.1 Å². The van der Waals surface area contributed by atoms with Crippen LogP contribution in [0.5, 0.6) is 5.75 Å². The van der Waals surface area contributed by atoms with E-state index in [1.54, 1.807) is 6.33 Å². The zero-order valence-electron chi connectivity index (χ0n) is 13.6. The van der Waals surface area contributed by atoms with E-state index in [-0.39, 0.29) is 6.04 Å². The maximum atomic E-state index is 5.86. The van der Waals surface area contributed by atoms with Crippen molar-refractivity contribution < 1.29 is 4.74 Å². The molecule has 2 aliphatic rings. The second-order valence-electron chi connectivity index (χ2n) is 6.93. The Hall–Kier alpha value is -2.56. The van der Waals surface area contributed by atoms with Gasteiger partial charge in [-0.1, -0.05) is 25.1 Å². The van der Waals surface area contributed by atoms with Crippen LogP contribution >= 0.6 is 0 Å². The van der Waals surface area contributed by atoms with E-state index in [1.165, 1.54) is 24.1 Å². The third-order valence-corrected chi connectivity index (χ3v) is 5.08. The summed E-state index contributed by atoms with van der Waals surface area (Å²) < 4.78 is 5.86. The minimum absolute atomic E-state index is 0.187. The van der Waals surface area contributed by atoms with Crippen LogP contribution < -0.4 is 10.1 Å². The number of para-hydroxylation sites is 1. The highest BCUT2D eigenvalue weighted by Crippen LogP contribution is 2.42. The van der Waals surface area contributed by atoms with E-state index in [9.17, 15) is 0 Å². The van der Waals surface area contributed by atoms with Crippen molar-refractivity contribution >= 4 is 16.9 Å². The Morgan fingerprint density at radius 2 is 2.08 bits per heavy atom. The molecular formula is C19H20N4O. The fourth-order valence-electron chi connectivity index (χ4n) is 3.55. The number of aromatic nitrogens is 3. The Morgan fingerprint density at radius 1 is 1.21 bits per heavy atom. The van der Waals surface area contributed by atoms with E-state index in [0.717, 1.165) is 22.6 Å². The number of fused-ring (bicyclic) bond motifs is 2. The normalized spacial score (nSPS) is 22.9. The number of nitrogens with zero attached hydrogens (tertiary/aromatic N) is 2. The topological polar surface area (TPSA) is 62.8 Å². The summed E-state index contributed by atoms with van der Waals surface area (Å²) in [6, 6.07) is 10.6. The molecule has 1 fully saturated rings. The van der Waals surface area contributed by atoms with Gasteiger partial charge in [0, 0.05) is 17.2 Å². The lowest BCUT2D eigenvalue weighted by Gasteiger charge is -2.32. The lowest BCUT2D eigenvalue weighted by atomic mass is 9.92. The molecule has 2 unspecified atom stereocenters. The van der Waals surface area contributed by atoms with Crippen molar-refractivity contribution in [2.75, 3.05) is 11.9 Å². The van der Waals surface area contributed by atoms with Crippen molar-refractivity contribution in [3.8, 4) is 5.75 Å². The summed E-state index contributed by atoms with van der Waals surface area (Å²) in [5.74, 6) is 2.91. The Kier molecular flexibility index (Phi) is 3.01. The summed E-state index contributed by atoms with van der Waals surface area (Å²) in [6.07, 6.45) is 4.18. The number of hydrogen-bond acceptors (Lipinski definition) is 4. The molecule has 0 saturated heterocycles. The number of H-pyrrole nitrogens is 1. The first-order valence-electron chi connectivity index (χ1n) is 8.61. The predicted octanol–water partition coefficient (Wildman–Crippen LogP) is 4.02. The zero-order chi connectivity index (χ0) is 16.1. The molecule has 1 aliphatic carbocycles. The van der Waals surface area contributed by atoms with E-state index >= 15 is 0 Å². The molecule has 2 atom stereocenters. The number of aromatic amines is 1. The molecule has 3 aromatic rings. The van der Waals surface area contributed by atoms with Gasteiger partial charge in [0.2, 0.25) is 0 Å². The van der Waals surface area contributed by atoms with E-state index < -0.39 is 0 Å². The van der Waals surface area contributed by atoms with Gasteiger partial charge in [-0.05, 0) is 30.9 Å². The number of nitrogens with one attached hydrogen (secondary N) is 2. The van der Waals surface area contributed by atoms with Crippen LogP contribution in [0.15, 0.2) is 36.7 Å². The van der Waals surface area contributed by atoms with Gasteiger partial charge in [0.05, 0.1) is 18.0 Å². The third kappa shape index (κ3) is 2.23. The summed E-state index contributed by atoms with van der Waals surface area (Å²) in [4.78, 5) is 12.4. The maximum absolute atomic E-state index is 5.86. The Morgan fingerprint density at radius 3 is 2.96 bits per heavy atom. The van der Waals surface area contributed by atoms with Crippen molar-refractivity contribution in [2.45, 2.75) is 31.7 Å². The van der Waals surface area contributed by atoms with E-state index in [0.29, 0.717) is 18.4 Å². The van der Waals surface area contributed by atoms with Gasteiger partial charge in [-0.25, -0.2) is 9.97 Å². The molecule has 1 aliphatic heterocycles. The zero-order valence-corrected chi connectivity index (χ0v) is 13.6. The average Bonchev–Trinajstić information content (AvgIpc) is 3.36. The highest BCUT2D eigenvalue weighted by molar-refractivity contribution is 5.88. The fourth-order valence-corrected chi connectivity index (χ4v) is 3.55. The summed E-state index contributed by atoms with van der Waals surface area (Å²) in [7, 11) is 0. The fraction of sp³-hybridized carbons (Fsp3) is 0.368. The molecular weight excluding hydrogens is 300 g/mol. The first kappa shape index (κ1) is 13.8. The predicted molar refractivity (Wildman–Crippen MR) is 93.3 cm³/mol. The smallest absolute Gasteiger partial charge is 0.143 e. The van der Waals surface area contributed by atoms with Crippen molar-refractivity contribution in [1.29, 1.82) is 0 Å². The maximum Gasteiger partial charge on any atom is 0.143 e. The SMILES string of the molecule is CC1COc2ccccc2C1Nc1ncnc2[nH]c(C3CC3)cc12. The van der Waals surface area contributed by atoms with Crippen molar-refractivity contribution in [3.05, 3.63) is 47.9 Å². The molecule has 3 heterocycles. The first-order chi connectivity index (χ1) is 11.8. The first-order valence-corrected chi connectivity index (χ1v) is 8.61. The van der Waals surface area contributed by atoms with Crippen LogP contribution in [0.4, 0.5) is 5.82 Å². The standard InChI is InChI=1S/C19H20N4O/c1-11-9-24-16-5-3-2-4-13(16)17(11)23-19-14-8-15(12-6-7-12)22-18(14)20-10-21-19/h2-5,8,10-12,17H,6-7,9H2,1H3,(H2,20,21,22,23). The van der Waals surface area contributed by atoms with Gasteiger partial charge in [0.25, 0.3) is 0 Å². The molecule has 5 rings (SSSR count). The number of anilines is 1. The molecule has 0 bridgehead atoms. The minimum Gasteiger partial charge on any atom is -0.493 e. The molecule has 24 heavy (non-hydrogen) atoms. The lowest BCUT2D eigenvalue weighted by Crippen LogP contribution is -2.29. The molecule has 122 valence electrons. The Labute approximate surface area is 140 Å². The number of benzene rings is 1. The largest absolute Gasteiger partial charge is 0.493 e. The van der Waals surface area contributed by atoms with Crippen molar-refractivity contribution in [1.82, 2.24) is 15.0 Å². The Balaban J connectivity index is 1.54. The van der Waals surface area contributed by atoms with Crippen LogP contribution in [0.2, 0.25) is 0 Å². The van der Waals surface area contributed by atoms with Crippen molar-refractivity contribution in [3.63, 3.8) is 0 Å². The van der Waals surface area contributed by atoms with Crippen LogP contribution in [0.1, 0.15) is 43.0 Å². The molecule has 0 spiro atoms. The van der Waals surface area contributed by atoms with Crippen LogP contribution in [-0.4, -0.2) is 21.6 Å². The second kappa shape index (κ2) is 5.23. The monoisotopic (exact) mass is 320 g/mol. The minimum atomic E-state index is 0.187. The molecule has 5 heteroatoms. The number of ether oxygens (including phenoxy) is 1. The molecule has 5 nitrogen and oxygen atoms in total. The van der Waals surface area contributed by atoms with E-state index in [2.05, 4.69) is 45.4 Å². The number of rotatable bonds is 3. The molecule has 2 aromatic heterocycles. The molecule has 1 aromatic carbocycles. The van der Waals surface area contributed by atoms with Gasteiger partial charge < -0.3 is 15.0 Å². The number of hydrogen-bond donors (Lipinski definition) is 2. The third-order valence-electron chi connectivity index (χ3n) is 5.08. The second-order valence-corrected chi connectivity index (χ2v) is 6.93. The molecule has 0 amide bonds. The van der Waals surface area contributed by atoms with Crippen molar-refractivity contribution in [2.24, 2.45) is 5.92 Å². The quantitative estimate of drug-likeness (QED) is 0.765. The van der Waals surface area contributed by atoms with Crippen LogP contribution in [0.3, 0.4) is 0 Å². The average molecular weight is 320 g/mol. The van der Waals surface area contributed by atoms with Crippen LogP contribution in [0, 0.1) is 5.92 Å². The Bertz CT molecular complexity index is 899. The van der Waals surface area contributed by atoms with Gasteiger partial charge in [0.15, 0.2) is 0 Å². The summed E-state index contributed by atoms with van der Waals surface area (Å²) in [5, 5.41) is 4.73. The van der Waals surface area contributed by atoms with E-state index in [4.69, 9.17) is 4.74 Å². The van der Waals surface area contributed by atoms with Crippen LogP contribution in [0.25, 0.3) is 11.0 Å². The highest BCUT2D eigenvalue weighted by Gasteiger charge is 2.29. The van der Waals surface area contributed by atoms with Crippen LogP contribution in [-0.2, 0) is 0 Å². The lowest BCUT2D eigenvalue weighted by molar-refractivity contribution is 0.214.